The van der Waals surface area contributed by atoms with E-state index in [2.05, 4.69) is 15.4 Å². The van der Waals surface area contributed by atoms with Crippen molar-refractivity contribution < 1.29 is 27.4 Å². The van der Waals surface area contributed by atoms with Crippen LogP contribution in [0.4, 0.5) is 18.0 Å². The molecule has 0 aliphatic carbocycles. The molecule has 0 spiro atoms. The van der Waals surface area contributed by atoms with E-state index in [-0.39, 0.29) is 6.10 Å². The van der Waals surface area contributed by atoms with Crippen LogP contribution in [0, 0.1) is 0 Å². The number of nitrogens with one attached hydrogen (secondary N) is 2. The smallest absolute Gasteiger partial charge is 0.446 e. The number of halogens is 3. The standard InChI is InChI=1S/C10H17F3N2O3/c1-7(6-17-10(11,12)13)15-9(16)18-8-2-4-14-5-3-8/h7-8,14H,2-6H2,1H3,(H,15,16)/t7-/m0/s1. The van der Waals surface area contributed by atoms with Gasteiger partial charge >= 0.3 is 12.5 Å². The summed E-state index contributed by atoms with van der Waals surface area (Å²) in [5, 5.41) is 5.40. The minimum atomic E-state index is -4.69. The molecule has 1 aliphatic heterocycles. The Labute approximate surface area is 103 Å². The summed E-state index contributed by atoms with van der Waals surface area (Å²) in [5.41, 5.74) is 0. The van der Waals surface area contributed by atoms with Crippen LogP contribution in [0.2, 0.25) is 0 Å². The fourth-order valence-electron chi connectivity index (χ4n) is 1.56. The van der Waals surface area contributed by atoms with Gasteiger partial charge in [0.05, 0.1) is 12.6 Å². The molecule has 0 radical (unpaired) electrons. The highest BCUT2D eigenvalue weighted by atomic mass is 19.4. The monoisotopic (exact) mass is 270 g/mol. The van der Waals surface area contributed by atoms with Crippen molar-refractivity contribution in [2.24, 2.45) is 0 Å². The minimum absolute atomic E-state index is 0.179. The van der Waals surface area contributed by atoms with Crippen molar-refractivity contribution in [1.82, 2.24) is 10.6 Å². The van der Waals surface area contributed by atoms with Crippen LogP contribution in [0.15, 0.2) is 0 Å². The topological polar surface area (TPSA) is 59.6 Å². The fraction of sp³-hybridized carbons (Fsp3) is 0.900. The van der Waals surface area contributed by atoms with Gasteiger partial charge in [-0.15, -0.1) is 13.2 Å². The number of rotatable bonds is 4. The zero-order valence-electron chi connectivity index (χ0n) is 10.0. The summed E-state index contributed by atoms with van der Waals surface area (Å²) in [5.74, 6) is 0. The van der Waals surface area contributed by atoms with Gasteiger partial charge in [0.2, 0.25) is 0 Å². The Morgan fingerprint density at radius 1 is 1.44 bits per heavy atom. The maximum Gasteiger partial charge on any atom is 0.522 e. The number of carbonyl (C=O) groups is 1. The molecule has 1 atom stereocenters. The van der Waals surface area contributed by atoms with Gasteiger partial charge in [-0.25, -0.2) is 4.79 Å². The summed E-state index contributed by atoms with van der Waals surface area (Å²) in [4.78, 5) is 11.4. The number of alkyl halides is 3. The van der Waals surface area contributed by atoms with Gasteiger partial charge in [-0.3, -0.25) is 4.74 Å². The highest BCUT2D eigenvalue weighted by Gasteiger charge is 2.30. The molecule has 1 fully saturated rings. The van der Waals surface area contributed by atoms with Crippen LogP contribution in [0.1, 0.15) is 19.8 Å². The molecule has 1 rings (SSSR count). The molecule has 8 heteroatoms. The Morgan fingerprint density at radius 2 is 2.06 bits per heavy atom. The number of piperidine rings is 1. The number of carbonyl (C=O) groups excluding carboxylic acids is 1. The first-order valence-corrected chi connectivity index (χ1v) is 5.75. The van der Waals surface area contributed by atoms with E-state index in [0.29, 0.717) is 12.8 Å². The second-order valence-corrected chi connectivity index (χ2v) is 4.16. The SMILES string of the molecule is C[C@@H](COC(F)(F)F)NC(=O)OC1CCNCC1. The van der Waals surface area contributed by atoms with Gasteiger partial charge in [0.1, 0.15) is 6.10 Å². The summed E-state index contributed by atoms with van der Waals surface area (Å²) in [6, 6.07) is -0.763. The summed E-state index contributed by atoms with van der Waals surface area (Å²) < 4.78 is 43.9. The molecule has 18 heavy (non-hydrogen) atoms. The lowest BCUT2D eigenvalue weighted by Gasteiger charge is -2.24. The molecule has 106 valence electrons. The lowest BCUT2D eigenvalue weighted by Crippen LogP contribution is -2.41. The van der Waals surface area contributed by atoms with Crippen molar-refractivity contribution in [2.75, 3.05) is 19.7 Å². The van der Waals surface area contributed by atoms with Crippen molar-refractivity contribution in [2.45, 2.75) is 38.3 Å². The summed E-state index contributed by atoms with van der Waals surface area (Å²) in [7, 11) is 0. The molecule has 0 aromatic carbocycles. The van der Waals surface area contributed by atoms with Crippen molar-refractivity contribution in [3.05, 3.63) is 0 Å². The molecule has 1 heterocycles. The Hall–Kier alpha value is -1.02. The largest absolute Gasteiger partial charge is 0.522 e. The van der Waals surface area contributed by atoms with E-state index in [1.165, 1.54) is 6.92 Å². The molecule has 0 saturated carbocycles. The molecule has 0 aromatic heterocycles. The quantitative estimate of drug-likeness (QED) is 0.810. The molecule has 1 saturated heterocycles. The predicted molar refractivity (Wildman–Crippen MR) is 57.0 cm³/mol. The van der Waals surface area contributed by atoms with Crippen molar-refractivity contribution >= 4 is 6.09 Å². The van der Waals surface area contributed by atoms with Gasteiger partial charge in [-0.1, -0.05) is 0 Å². The van der Waals surface area contributed by atoms with E-state index in [9.17, 15) is 18.0 Å². The van der Waals surface area contributed by atoms with E-state index in [1.54, 1.807) is 0 Å². The van der Waals surface area contributed by atoms with E-state index in [0.717, 1.165) is 13.1 Å². The molecular weight excluding hydrogens is 253 g/mol. The highest BCUT2D eigenvalue weighted by molar-refractivity contribution is 5.67. The van der Waals surface area contributed by atoms with Crippen LogP contribution in [0.25, 0.3) is 0 Å². The van der Waals surface area contributed by atoms with Crippen molar-refractivity contribution in [3.63, 3.8) is 0 Å². The zero-order valence-corrected chi connectivity index (χ0v) is 10.0. The second-order valence-electron chi connectivity index (χ2n) is 4.16. The molecular formula is C10H17F3N2O3. The molecule has 0 aromatic rings. The Balaban J connectivity index is 2.18. The fourth-order valence-corrected chi connectivity index (χ4v) is 1.56. The van der Waals surface area contributed by atoms with Gasteiger partial charge in [0.15, 0.2) is 0 Å². The van der Waals surface area contributed by atoms with Gasteiger partial charge in [-0.05, 0) is 32.9 Å². The van der Waals surface area contributed by atoms with E-state index < -0.39 is 25.1 Å². The van der Waals surface area contributed by atoms with Crippen LogP contribution >= 0.6 is 0 Å². The molecule has 1 aliphatic rings. The van der Waals surface area contributed by atoms with Gasteiger partial charge < -0.3 is 15.4 Å². The summed E-state index contributed by atoms with van der Waals surface area (Å²) in [6.45, 7) is 2.32. The molecule has 1 amide bonds. The lowest BCUT2D eigenvalue weighted by atomic mass is 10.1. The maximum absolute atomic E-state index is 11.8. The van der Waals surface area contributed by atoms with Gasteiger partial charge in [0.25, 0.3) is 0 Å². The Bertz CT molecular complexity index is 268. The van der Waals surface area contributed by atoms with Gasteiger partial charge in [-0.2, -0.15) is 0 Å². The molecule has 5 nitrogen and oxygen atoms in total. The minimum Gasteiger partial charge on any atom is -0.446 e. The van der Waals surface area contributed by atoms with Gasteiger partial charge in [0, 0.05) is 0 Å². The van der Waals surface area contributed by atoms with Crippen LogP contribution < -0.4 is 10.6 Å². The second kappa shape index (κ2) is 6.79. The van der Waals surface area contributed by atoms with Crippen LogP contribution in [0.5, 0.6) is 0 Å². The molecule has 2 N–H and O–H groups in total. The first kappa shape index (κ1) is 15.0. The van der Waals surface area contributed by atoms with E-state index in [4.69, 9.17) is 4.74 Å². The van der Waals surface area contributed by atoms with Crippen LogP contribution in [0.3, 0.4) is 0 Å². The van der Waals surface area contributed by atoms with Crippen molar-refractivity contribution in [1.29, 1.82) is 0 Å². The van der Waals surface area contributed by atoms with Crippen LogP contribution in [-0.4, -0.2) is 44.3 Å². The molecule has 0 unspecified atom stereocenters. The van der Waals surface area contributed by atoms with E-state index >= 15 is 0 Å². The third kappa shape index (κ3) is 6.65. The predicted octanol–water partition coefficient (Wildman–Crippen LogP) is 1.39. The lowest BCUT2D eigenvalue weighted by molar-refractivity contribution is -0.325. The van der Waals surface area contributed by atoms with E-state index in [1.807, 2.05) is 0 Å². The number of amides is 1. The molecule has 0 bridgehead atoms. The number of ether oxygens (including phenoxy) is 2. The van der Waals surface area contributed by atoms with Crippen molar-refractivity contribution in [3.8, 4) is 0 Å². The number of alkyl carbamates (subject to hydrolysis) is 1. The highest BCUT2D eigenvalue weighted by Crippen LogP contribution is 2.16. The third-order valence-electron chi connectivity index (χ3n) is 2.42. The van der Waals surface area contributed by atoms with Crippen LogP contribution in [-0.2, 0) is 9.47 Å². The maximum atomic E-state index is 11.8. The summed E-state index contributed by atoms with van der Waals surface area (Å²) in [6.07, 6.45) is -4.15. The third-order valence-corrected chi connectivity index (χ3v) is 2.42. The summed E-state index contributed by atoms with van der Waals surface area (Å²) >= 11 is 0. The average Bonchev–Trinajstić information content (AvgIpc) is 2.26. The Kier molecular flexibility index (Phi) is 5.67. The number of hydrogen-bond acceptors (Lipinski definition) is 4. The zero-order chi connectivity index (χ0) is 13.6. The Morgan fingerprint density at radius 3 is 2.61 bits per heavy atom. The normalized spacial score (nSPS) is 19.3. The first-order chi connectivity index (χ1) is 8.37. The first-order valence-electron chi connectivity index (χ1n) is 5.75. The average molecular weight is 270 g/mol. The number of hydrogen-bond donors (Lipinski definition) is 2.